The third kappa shape index (κ3) is 9.52. The Morgan fingerprint density at radius 3 is 2.08 bits per heavy atom. The van der Waals surface area contributed by atoms with E-state index >= 15 is 0 Å². The molecule has 0 aromatic rings. The van der Waals surface area contributed by atoms with E-state index in [9.17, 15) is 35.2 Å². The van der Waals surface area contributed by atoms with Crippen LogP contribution in [0, 0.1) is 28.6 Å². The van der Waals surface area contributed by atoms with Crippen LogP contribution in [0.3, 0.4) is 0 Å². The number of carbonyl (C=O) groups excluding carboxylic acids is 1. The first-order chi connectivity index (χ1) is 24.0. The normalized spacial score (nSPS) is 50.3. The molecule has 0 aromatic carbocycles. The minimum Gasteiger partial charge on any atom is -0.459 e. The van der Waals surface area contributed by atoms with Crippen molar-refractivity contribution in [3.8, 4) is 0 Å². The Morgan fingerprint density at radius 2 is 1.54 bits per heavy atom. The topological polar surface area (TPSA) is 206 Å². The Hall–Kier alpha value is -1.37. The van der Waals surface area contributed by atoms with E-state index < -0.39 is 108 Å². The molecule has 4 unspecified atom stereocenters. The van der Waals surface area contributed by atoms with Gasteiger partial charge in [0.1, 0.15) is 23.9 Å². The van der Waals surface area contributed by atoms with Crippen LogP contribution >= 0.6 is 0 Å². The molecule has 0 spiro atoms. The second kappa shape index (κ2) is 17.6. The van der Waals surface area contributed by atoms with Gasteiger partial charge in [0.05, 0.1) is 53.7 Å². The van der Waals surface area contributed by atoms with Gasteiger partial charge in [-0.1, -0.05) is 32.9 Å². The lowest BCUT2D eigenvalue weighted by atomic mass is 9.72. The summed E-state index contributed by atoms with van der Waals surface area (Å²) < 4.78 is 37.2. The van der Waals surface area contributed by atoms with E-state index in [0.717, 1.165) is 0 Å². The van der Waals surface area contributed by atoms with Gasteiger partial charge in [-0.3, -0.25) is 4.79 Å². The summed E-state index contributed by atoms with van der Waals surface area (Å²) in [5.74, 6) is -4.21. The molecule has 0 aliphatic carbocycles. The number of carbonyl (C=O) groups is 1. The van der Waals surface area contributed by atoms with Crippen molar-refractivity contribution in [1.29, 1.82) is 0 Å². The Bertz CT molecular complexity index is 1170. The van der Waals surface area contributed by atoms with Crippen LogP contribution in [0.1, 0.15) is 94.9 Å². The molecule has 5 N–H and O–H groups in total. The SMILES string of the molecule is CC[C@H]1OC(=O)[C@H](C)[C@@H](OC2C[C@@](C)(OC)[C@@H](O)[C@H](C)O2)[C@H](C)[C@@H](OC2O[C@H](C)C[C@H](N(C)C)[C@H]2O)[C@@](C)(O)C[C@@H](C)C(N=O)C(C)[C@@H](O)[C@]1(C)O. The van der Waals surface area contributed by atoms with Crippen LogP contribution in [-0.2, 0) is 33.2 Å². The van der Waals surface area contributed by atoms with E-state index in [0.29, 0.717) is 6.42 Å². The van der Waals surface area contributed by atoms with Crippen molar-refractivity contribution in [3.63, 3.8) is 0 Å². The molecule has 3 aliphatic heterocycles. The van der Waals surface area contributed by atoms with Gasteiger partial charge in [0.15, 0.2) is 12.6 Å². The van der Waals surface area contributed by atoms with Crippen molar-refractivity contribution >= 4 is 5.97 Å². The number of ether oxygens (including phenoxy) is 6. The van der Waals surface area contributed by atoms with Gasteiger partial charge in [0, 0.05) is 31.4 Å². The van der Waals surface area contributed by atoms with Crippen LogP contribution in [0.4, 0.5) is 0 Å². The van der Waals surface area contributed by atoms with Gasteiger partial charge >= 0.3 is 5.97 Å². The minimum absolute atomic E-state index is 0.0687. The smallest absolute Gasteiger partial charge is 0.311 e. The van der Waals surface area contributed by atoms with Crippen LogP contribution in [0.5, 0.6) is 0 Å². The highest BCUT2D eigenvalue weighted by Crippen LogP contribution is 2.41. The largest absolute Gasteiger partial charge is 0.459 e. The second-order valence-corrected chi connectivity index (χ2v) is 16.8. The number of hydrogen-bond donors (Lipinski definition) is 5. The van der Waals surface area contributed by atoms with E-state index in [1.54, 1.807) is 55.4 Å². The second-order valence-electron chi connectivity index (χ2n) is 16.8. The number of nitrogens with zero attached hydrogens (tertiary/aromatic N) is 2. The highest BCUT2D eigenvalue weighted by atomic mass is 16.7. The lowest BCUT2D eigenvalue weighted by Gasteiger charge is -2.49. The molecule has 19 atom stereocenters. The maximum absolute atomic E-state index is 14.1. The summed E-state index contributed by atoms with van der Waals surface area (Å²) in [6.45, 7) is 16.6. The summed E-state index contributed by atoms with van der Waals surface area (Å²) in [4.78, 5) is 28.4. The van der Waals surface area contributed by atoms with Crippen molar-refractivity contribution in [1.82, 2.24) is 4.90 Å². The molecule has 15 nitrogen and oxygen atoms in total. The van der Waals surface area contributed by atoms with Crippen LogP contribution in [-0.4, -0.2) is 148 Å². The average Bonchev–Trinajstić information content (AvgIpc) is 3.06. The molecule has 52 heavy (non-hydrogen) atoms. The van der Waals surface area contributed by atoms with Gasteiger partial charge in [-0.05, 0) is 80.8 Å². The number of rotatable bonds is 8. The molecule has 15 heteroatoms. The molecular formula is C37H68N2O13. The van der Waals surface area contributed by atoms with Crippen LogP contribution in [0.25, 0.3) is 0 Å². The molecule has 3 aliphatic rings. The first kappa shape index (κ1) is 45.0. The van der Waals surface area contributed by atoms with E-state index in [4.69, 9.17) is 28.4 Å². The monoisotopic (exact) mass is 748 g/mol. The molecule has 3 saturated heterocycles. The lowest BCUT2D eigenvalue weighted by Crippen LogP contribution is -2.61. The van der Waals surface area contributed by atoms with Gasteiger partial charge in [-0.25, -0.2) is 0 Å². The summed E-state index contributed by atoms with van der Waals surface area (Å²) in [6, 6.07) is -1.40. The highest BCUT2D eigenvalue weighted by Gasteiger charge is 2.54. The van der Waals surface area contributed by atoms with Gasteiger partial charge in [-0.2, -0.15) is 4.91 Å². The number of hydrogen-bond acceptors (Lipinski definition) is 15. The Labute approximate surface area is 309 Å². The number of aliphatic hydroxyl groups is 5. The maximum atomic E-state index is 14.1. The lowest BCUT2D eigenvalue weighted by molar-refractivity contribution is -0.318. The highest BCUT2D eigenvalue weighted by molar-refractivity contribution is 5.73. The molecule has 3 fully saturated rings. The molecular weight excluding hydrogens is 680 g/mol. The molecule has 0 amide bonds. The van der Waals surface area contributed by atoms with Crippen LogP contribution in [0.15, 0.2) is 5.18 Å². The van der Waals surface area contributed by atoms with E-state index in [2.05, 4.69) is 5.18 Å². The summed E-state index contributed by atoms with van der Waals surface area (Å²) in [7, 11) is 5.18. The van der Waals surface area contributed by atoms with Crippen molar-refractivity contribution in [3.05, 3.63) is 4.91 Å². The molecule has 0 bridgehead atoms. The van der Waals surface area contributed by atoms with Gasteiger partial charge in [0.2, 0.25) is 0 Å². The first-order valence-electron chi connectivity index (χ1n) is 18.8. The standard InChI is InChI=1S/C37H68N2O13/c1-14-25-37(10,45)30(41)20(4)27(38-46)18(2)16-35(8,44)32(52-34-28(40)24(39(11)12)15-19(3)48-34)21(5)29(22(6)33(43)50-25)51-26-17-36(9,47-13)31(42)23(7)49-26/h18-32,34,40-42,44-45H,14-17H2,1-13H3/t18-,19-,20?,21+,22-,23+,24+,25-,26?,27?,28-,29+,30-,31+,32-,34?,35+,36-,37-/m1/s1. The Kier molecular flexibility index (Phi) is 15.3. The zero-order chi connectivity index (χ0) is 39.7. The molecule has 0 saturated carbocycles. The number of likely N-dealkylation sites (N-methyl/N-ethyl adjacent to an activating group) is 1. The average molecular weight is 749 g/mol. The zero-order valence-corrected chi connectivity index (χ0v) is 33.5. The predicted octanol–water partition coefficient (Wildman–Crippen LogP) is 2.35. The fourth-order valence-electron chi connectivity index (χ4n) is 8.79. The Balaban J connectivity index is 2.21. The van der Waals surface area contributed by atoms with Crippen molar-refractivity contribution in [2.45, 2.75) is 185 Å². The first-order valence-corrected chi connectivity index (χ1v) is 18.8. The molecule has 0 aromatic heterocycles. The van der Waals surface area contributed by atoms with E-state index in [1.807, 2.05) is 25.9 Å². The number of aliphatic hydroxyl groups excluding tert-OH is 3. The molecule has 3 heterocycles. The summed E-state index contributed by atoms with van der Waals surface area (Å²) >= 11 is 0. The summed E-state index contributed by atoms with van der Waals surface area (Å²) in [5.41, 5.74) is -4.80. The van der Waals surface area contributed by atoms with Crippen molar-refractivity contribution in [2.24, 2.45) is 28.8 Å². The third-order valence-corrected chi connectivity index (χ3v) is 12.2. The number of methoxy groups -OCH3 is 1. The van der Waals surface area contributed by atoms with Crippen LogP contribution in [0.2, 0.25) is 0 Å². The third-order valence-electron chi connectivity index (χ3n) is 12.2. The van der Waals surface area contributed by atoms with E-state index in [-0.39, 0.29) is 31.4 Å². The quantitative estimate of drug-likeness (QED) is 0.179. The molecule has 3 rings (SSSR count). The van der Waals surface area contributed by atoms with Crippen molar-refractivity contribution < 1.29 is 58.7 Å². The Morgan fingerprint density at radius 1 is 0.923 bits per heavy atom. The number of cyclic esters (lactones) is 1. The van der Waals surface area contributed by atoms with Crippen molar-refractivity contribution in [2.75, 3.05) is 21.2 Å². The number of esters is 1. The van der Waals surface area contributed by atoms with Gasteiger partial charge in [0.25, 0.3) is 0 Å². The van der Waals surface area contributed by atoms with Gasteiger partial charge < -0.3 is 58.9 Å². The fraction of sp³-hybridized carbons (Fsp3) is 0.973. The summed E-state index contributed by atoms with van der Waals surface area (Å²) in [6.07, 6.45) is -9.58. The predicted molar refractivity (Wildman–Crippen MR) is 191 cm³/mol. The maximum Gasteiger partial charge on any atom is 0.311 e. The minimum atomic E-state index is -1.97. The zero-order valence-electron chi connectivity index (χ0n) is 33.5. The van der Waals surface area contributed by atoms with E-state index in [1.165, 1.54) is 14.0 Å². The van der Waals surface area contributed by atoms with Gasteiger partial charge in [-0.15, -0.1) is 0 Å². The summed E-state index contributed by atoms with van der Waals surface area (Å²) in [5, 5.41) is 61.4. The fourth-order valence-corrected chi connectivity index (χ4v) is 8.79. The molecule has 304 valence electrons. The number of nitroso groups, excluding NO2 is 1. The van der Waals surface area contributed by atoms with Crippen LogP contribution < -0.4 is 0 Å². The molecule has 0 radical (unpaired) electrons.